The zero-order valence-electron chi connectivity index (χ0n) is 15.5. The van der Waals surface area contributed by atoms with Crippen molar-refractivity contribution >= 4 is 23.2 Å². The largest absolute Gasteiger partial charge is 0.376 e. The van der Waals surface area contributed by atoms with E-state index in [0.717, 1.165) is 24.2 Å². The van der Waals surface area contributed by atoms with Crippen LogP contribution in [-0.4, -0.2) is 31.4 Å². The molecule has 0 fully saturated rings. The van der Waals surface area contributed by atoms with E-state index in [1.807, 2.05) is 49.4 Å². The quantitative estimate of drug-likeness (QED) is 0.676. The van der Waals surface area contributed by atoms with E-state index in [1.54, 1.807) is 17.0 Å². The van der Waals surface area contributed by atoms with Crippen molar-refractivity contribution in [3.05, 3.63) is 60.2 Å². The van der Waals surface area contributed by atoms with E-state index >= 15 is 0 Å². The summed E-state index contributed by atoms with van der Waals surface area (Å²) in [6.45, 7) is 5.55. The average Bonchev–Trinajstić information content (AvgIpc) is 2.68. The molecule has 0 atom stereocenters. The summed E-state index contributed by atoms with van der Waals surface area (Å²) in [5.41, 5.74) is 2.32. The third-order valence-electron chi connectivity index (χ3n) is 4.09. The fraction of sp³-hybridized carbons (Fsp3) is 0.333. The summed E-state index contributed by atoms with van der Waals surface area (Å²) in [5.74, 6) is -0.0672. The van der Waals surface area contributed by atoms with Crippen molar-refractivity contribution in [3.8, 4) is 0 Å². The molecule has 2 rings (SSSR count). The van der Waals surface area contributed by atoms with Gasteiger partial charge in [-0.25, -0.2) is 0 Å². The second-order valence-corrected chi connectivity index (χ2v) is 6.01. The highest BCUT2D eigenvalue weighted by molar-refractivity contribution is 5.96. The molecule has 0 aliphatic heterocycles. The van der Waals surface area contributed by atoms with E-state index in [2.05, 4.69) is 17.6 Å². The normalized spacial score (nSPS) is 10.2. The molecule has 2 aromatic rings. The maximum absolute atomic E-state index is 12.5. The number of unbranched alkanes of at least 4 members (excludes halogenated alkanes) is 1. The van der Waals surface area contributed by atoms with E-state index in [9.17, 15) is 9.59 Å². The van der Waals surface area contributed by atoms with Gasteiger partial charge >= 0.3 is 0 Å². The molecule has 2 N–H and O–H groups in total. The first-order chi connectivity index (χ1) is 12.7. The lowest BCUT2D eigenvalue weighted by Crippen LogP contribution is -2.35. The van der Waals surface area contributed by atoms with Crippen LogP contribution in [0.3, 0.4) is 0 Å². The Labute approximate surface area is 155 Å². The molecule has 0 aromatic heterocycles. The van der Waals surface area contributed by atoms with E-state index in [1.165, 1.54) is 0 Å². The lowest BCUT2D eigenvalue weighted by molar-refractivity contribution is -0.116. The average molecular weight is 353 g/mol. The molecular formula is C21H27N3O2. The summed E-state index contributed by atoms with van der Waals surface area (Å²) >= 11 is 0. The number of nitrogens with zero attached hydrogens (tertiary/aromatic N) is 1. The molecule has 0 aliphatic rings. The predicted octanol–water partition coefficient (Wildman–Crippen LogP) is 3.68. The summed E-state index contributed by atoms with van der Waals surface area (Å²) in [5, 5.41) is 6.01. The van der Waals surface area contributed by atoms with Gasteiger partial charge in [-0.05, 0) is 49.7 Å². The van der Waals surface area contributed by atoms with E-state index < -0.39 is 0 Å². The van der Waals surface area contributed by atoms with Crippen molar-refractivity contribution in [2.75, 3.05) is 29.9 Å². The number of carbonyl (C=O) groups is 2. The minimum Gasteiger partial charge on any atom is -0.376 e. The topological polar surface area (TPSA) is 61.4 Å². The Morgan fingerprint density at radius 3 is 2.27 bits per heavy atom. The number of para-hydroxylation sites is 1. The van der Waals surface area contributed by atoms with Crippen LogP contribution in [0.5, 0.6) is 0 Å². The van der Waals surface area contributed by atoms with Crippen molar-refractivity contribution in [2.45, 2.75) is 26.7 Å². The number of hydrogen-bond donors (Lipinski definition) is 2. The number of benzene rings is 2. The number of amides is 2. The van der Waals surface area contributed by atoms with Crippen LogP contribution in [0.4, 0.5) is 11.4 Å². The highest BCUT2D eigenvalue weighted by Gasteiger charge is 2.13. The Hall–Kier alpha value is -2.82. The van der Waals surface area contributed by atoms with Crippen molar-refractivity contribution in [3.63, 3.8) is 0 Å². The predicted molar refractivity (Wildman–Crippen MR) is 107 cm³/mol. The van der Waals surface area contributed by atoms with Crippen LogP contribution in [0.1, 0.15) is 37.0 Å². The van der Waals surface area contributed by atoms with Gasteiger partial charge in [0.25, 0.3) is 5.91 Å². The molecule has 2 aromatic carbocycles. The zero-order chi connectivity index (χ0) is 18.8. The summed E-state index contributed by atoms with van der Waals surface area (Å²) in [6, 6.07) is 16.8. The molecule has 0 bridgehead atoms. The Bertz CT molecular complexity index is 699. The standard InChI is InChI=1S/C21H27N3O2/c1-3-5-15-22-21(26)17-11-13-18(14-12-17)23-16-20(25)24(4-2)19-9-7-6-8-10-19/h6-14,23H,3-5,15-16H2,1-2H3,(H,22,26). The second-order valence-electron chi connectivity index (χ2n) is 6.01. The summed E-state index contributed by atoms with van der Waals surface area (Å²) in [7, 11) is 0. The zero-order valence-corrected chi connectivity index (χ0v) is 15.5. The van der Waals surface area contributed by atoms with Crippen LogP contribution in [-0.2, 0) is 4.79 Å². The fourth-order valence-electron chi connectivity index (χ4n) is 2.60. The van der Waals surface area contributed by atoms with E-state index in [0.29, 0.717) is 18.7 Å². The molecule has 0 aliphatic carbocycles. The van der Waals surface area contributed by atoms with Crippen LogP contribution < -0.4 is 15.5 Å². The molecule has 138 valence electrons. The van der Waals surface area contributed by atoms with Crippen LogP contribution in [0, 0.1) is 0 Å². The van der Waals surface area contributed by atoms with Crippen LogP contribution in [0.15, 0.2) is 54.6 Å². The van der Waals surface area contributed by atoms with Gasteiger partial charge in [0, 0.05) is 30.0 Å². The molecule has 2 amide bonds. The van der Waals surface area contributed by atoms with Crippen LogP contribution in [0.2, 0.25) is 0 Å². The van der Waals surface area contributed by atoms with Crippen LogP contribution in [0.25, 0.3) is 0 Å². The van der Waals surface area contributed by atoms with Gasteiger partial charge in [-0.3, -0.25) is 9.59 Å². The number of hydrogen-bond acceptors (Lipinski definition) is 3. The molecule has 26 heavy (non-hydrogen) atoms. The maximum atomic E-state index is 12.5. The molecule has 5 nitrogen and oxygen atoms in total. The van der Waals surface area contributed by atoms with Gasteiger partial charge < -0.3 is 15.5 Å². The molecule has 0 radical (unpaired) electrons. The first-order valence-electron chi connectivity index (χ1n) is 9.13. The highest BCUT2D eigenvalue weighted by atomic mass is 16.2. The van der Waals surface area contributed by atoms with Gasteiger partial charge in [-0.2, -0.15) is 0 Å². The smallest absolute Gasteiger partial charge is 0.251 e. The van der Waals surface area contributed by atoms with Gasteiger partial charge in [-0.1, -0.05) is 31.5 Å². The number of likely N-dealkylation sites (N-methyl/N-ethyl adjacent to an activating group) is 1. The monoisotopic (exact) mass is 353 g/mol. The summed E-state index contributed by atoms with van der Waals surface area (Å²) in [4.78, 5) is 26.2. The number of carbonyl (C=O) groups excluding carboxylic acids is 2. The second kappa shape index (κ2) is 10.2. The minimum atomic E-state index is -0.0673. The van der Waals surface area contributed by atoms with Crippen molar-refractivity contribution < 1.29 is 9.59 Å². The van der Waals surface area contributed by atoms with Crippen molar-refractivity contribution in [1.29, 1.82) is 0 Å². The molecular weight excluding hydrogens is 326 g/mol. The summed E-state index contributed by atoms with van der Waals surface area (Å²) in [6.07, 6.45) is 2.03. The number of anilines is 2. The first kappa shape index (κ1) is 19.5. The van der Waals surface area contributed by atoms with Gasteiger partial charge in [0.15, 0.2) is 0 Å². The lowest BCUT2D eigenvalue weighted by atomic mass is 10.2. The molecule has 0 saturated heterocycles. The SMILES string of the molecule is CCCCNC(=O)c1ccc(NCC(=O)N(CC)c2ccccc2)cc1. The van der Waals surface area contributed by atoms with Crippen molar-refractivity contribution in [2.24, 2.45) is 0 Å². The third-order valence-corrected chi connectivity index (χ3v) is 4.09. The Kier molecular flexibility index (Phi) is 7.68. The first-order valence-corrected chi connectivity index (χ1v) is 9.13. The van der Waals surface area contributed by atoms with E-state index in [4.69, 9.17) is 0 Å². The summed E-state index contributed by atoms with van der Waals surface area (Å²) < 4.78 is 0. The van der Waals surface area contributed by atoms with Crippen molar-refractivity contribution in [1.82, 2.24) is 5.32 Å². The molecule has 0 heterocycles. The number of rotatable bonds is 9. The molecule has 5 heteroatoms. The molecule has 0 unspecified atom stereocenters. The van der Waals surface area contributed by atoms with E-state index in [-0.39, 0.29) is 18.4 Å². The minimum absolute atomic E-state index is 0.0000789. The van der Waals surface area contributed by atoms with Gasteiger partial charge in [0.1, 0.15) is 0 Å². The Balaban J connectivity index is 1.88. The van der Waals surface area contributed by atoms with Gasteiger partial charge in [-0.15, -0.1) is 0 Å². The molecule has 0 spiro atoms. The molecule has 0 saturated carbocycles. The van der Waals surface area contributed by atoms with Gasteiger partial charge in [0.05, 0.1) is 6.54 Å². The highest BCUT2D eigenvalue weighted by Crippen LogP contribution is 2.14. The maximum Gasteiger partial charge on any atom is 0.251 e. The third kappa shape index (κ3) is 5.62. The van der Waals surface area contributed by atoms with Gasteiger partial charge in [0.2, 0.25) is 5.91 Å². The number of nitrogens with one attached hydrogen (secondary N) is 2. The Morgan fingerprint density at radius 1 is 0.962 bits per heavy atom. The lowest BCUT2D eigenvalue weighted by Gasteiger charge is -2.21. The Morgan fingerprint density at radius 2 is 1.65 bits per heavy atom. The van der Waals surface area contributed by atoms with Crippen LogP contribution >= 0.6 is 0 Å². The fourth-order valence-corrected chi connectivity index (χ4v) is 2.60.